The molecule has 0 aliphatic rings. The molecule has 0 fully saturated rings. The van der Waals surface area contributed by atoms with Gasteiger partial charge in [-0.2, -0.15) is 4.98 Å². The Morgan fingerprint density at radius 1 is 1.29 bits per heavy atom. The second-order valence-corrected chi connectivity index (χ2v) is 5.51. The minimum atomic E-state index is 0.306. The van der Waals surface area contributed by atoms with Gasteiger partial charge in [0.25, 0.3) is 0 Å². The predicted octanol–water partition coefficient (Wildman–Crippen LogP) is 3.76. The molecule has 5 nitrogen and oxygen atoms in total. The maximum absolute atomic E-state index is 6.35. The Morgan fingerprint density at radius 2 is 2.05 bits per heavy atom. The van der Waals surface area contributed by atoms with Crippen LogP contribution in [0.1, 0.15) is 37.7 Å². The molecular weight excluding hydrogens is 288 g/mol. The molecule has 0 N–H and O–H groups in total. The first kappa shape index (κ1) is 14.1. The Morgan fingerprint density at radius 3 is 2.71 bits per heavy atom. The maximum Gasteiger partial charge on any atom is 0.215 e. The normalized spacial score (nSPS) is 13.0. The summed E-state index contributed by atoms with van der Waals surface area (Å²) in [7, 11) is 1.60. The van der Waals surface area contributed by atoms with Crippen LogP contribution < -0.4 is 4.74 Å². The zero-order chi connectivity index (χ0) is 15.1. The summed E-state index contributed by atoms with van der Waals surface area (Å²) in [6, 6.07) is 3.65. The second kappa shape index (κ2) is 5.15. The van der Waals surface area contributed by atoms with Gasteiger partial charge in [0.15, 0.2) is 10.8 Å². The predicted molar refractivity (Wildman–Crippen MR) is 83.3 cm³/mol. The highest BCUT2D eigenvalue weighted by atomic mass is 35.5. The molecule has 3 rings (SSSR count). The highest BCUT2D eigenvalue weighted by Gasteiger charge is 2.19. The van der Waals surface area contributed by atoms with Crippen LogP contribution in [0.3, 0.4) is 0 Å². The van der Waals surface area contributed by atoms with Crippen molar-refractivity contribution in [2.45, 2.75) is 33.1 Å². The van der Waals surface area contributed by atoms with Crippen molar-refractivity contribution in [1.29, 1.82) is 0 Å². The summed E-state index contributed by atoms with van der Waals surface area (Å²) in [4.78, 5) is 13.6. The lowest BCUT2D eigenvalue weighted by atomic mass is 10.1. The number of hydrogen-bond acceptors (Lipinski definition) is 4. The van der Waals surface area contributed by atoms with Crippen LogP contribution in [0.5, 0.6) is 5.88 Å². The summed E-state index contributed by atoms with van der Waals surface area (Å²) in [5.41, 5.74) is 3.15. The van der Waals surface area contributed by atoms with E-state index >= 15 is 0 Å². The van der Waals surface area contributed by atoms with E-state index in [1.165, 1.54) is 0 Å². The molecule has 0 spiro atoms. The SMILES string of the molecule is CCC(C)c1nc(C)c2c(Cl)nc3ccc(OC)nc3n12. The first-order chi connectivity index (χ1) is 10.1. The monoisotopic (exact) mass is 304 g/mol. The number of fused-ring (bicyclic) bond motifs is 3. The zero-order valence-electron chi connectivity index (χ0n) is 12.5. The smallest absolute Gasteiger partial charge is 0.215 e. The van der Waals surface area contributed by atoms with Gasteiger partial charge in [0.1, 0.15) is 16.9 Å². The highest BCUT2D eigenvalue weighted by molar-refractivity contribution is 6.33. The third-order valence-electron chi connectivity index (χ3n) is 3.79. The fraction of sp³-hybridized carbons (Fsp3) is 0.400. The van der Waals surface area contributed by atoms with E-state index in [2.05, 4.69) is 28.8 Å². The van der Waals surface area contributed by atoms with Crippen LogP contribution in [-0.4, -0.2) is 26.5 Å². The van der Waals surface area contributed by atoms with E-state index in [-0.39, 0.29) is 0 Å². The molecule has 0 bridgehead atoms. The quantitative estimate of drug-likeness (QED) is 0.739. The Bertz CT molecular complexity index is 828. The third kappa shape index (κ3) is 2.12. The minimum absolute atomic E-state index is 0.306. The largest absolute Gasteiger partial charge is 0.481 e. The van der Waals surface area contributed by atoms with Crippen LogP contribution in [-0.2, 0) is 0 Å². The van der Waals surface area contributed by atoms with Crippen molar-refractivity contribution < 1.29 is 4.74 Å². The zero-order valence-corrected chi connectivity index (χ0v) is 13.3. The molecule has 1 unspecified atom stereocenters. The molecule has 0 aliphatic carbocycles. The molecule has 0 amide bonds. The lowest BCUT2D eigenvalue weighted by Gasteiger charge is -2.10. The molecule has 6 heteroatoms. The average Bonchev–Trinajstić information content (AvgIpc) is 2.85. The van der Waals surface area contributed by atoms with Crippen LogP contribution in [0, 0.1) is 6.92 Å². The van der Waals surface area contributed by atoms with Crippen molar-refractivity contribution in [3.05, 3.63) is 28.8 Å². The summed E-state index contributed by atoms with van der Waals surface area (Å²) >= 11 is 6.35. The number of aromatic nitrogens is 4. The van der Waals surface area contributed by atoms with Crippen LogP contribution in [0.15, 0.2) is 12.1 Å². The van der Waals surface area contributed by atoms with E-state index in [0.717, 1.165) is 34.6 Å². The fourth-order valence-corrected chi connectivity index (χ4v) is 2.78. The number of aryl methyl sites for hydroxylation is 1. The molecule has 0 radical (unpaired) electrons. The van der Waals surface area contributed by atoms with Gasteiger partial charge in [-0.1, -0.05) is 25.4 Å². The van der Waals surface area contributed by atoms with Crippen LogP contribution in [0.2, 0.25) is 5.15 Å². The summed E-state index contributed by atoms with van der Waals surface area (Å²) in [5, 5.41) is 0.453. The number of pyridine rings is 1. The van der Waals surface area contributed by atoms with Gasteiger partial charge in [0, 0.05) is 12.0 Å². The summed E-state index contributed by atoms with van der Waals surface area (Å²) in [5.74, 6) is 1.82. The maximum atomic E-state index is 6.35. The van der Waals surface area contributed by atoms with Crippen molar-refractivity contribution >= 4 is 28.3 Å². The van der Waals surface area contributed by atoms with Gasteiger partial charge < -0.3 is 4.74 Å². The number of rotatable bonds is 3. The highest BCUT2D eigenvalue weighted by Crippen LogP contribution is 2.29. The number of ether oxygens (including phenoxy) is 1. The fourth-order valence-electron chi connectivity index (χ4n) is 2.47. The van der Waals surface area contributed by atoms with E-state index in [1.807, 2.05) is 17.4 Å². The van der Waals surface area contributed by atoms with Crippen LogP contribution in [0.25, 0.3) is 16.7 Å². The van der Waals surface area contributed by atoms with Crippen molar-refractivity contribution in [3.63, 3.8) is 0 Å². The minimum Gasteiger partial charge on any atom is -0.481 e. The summed E-state index contributed by atoms with van der Waals surface area (Å²) in [6.07, 6.45) is 0.990. The molecule has 3 aromatic rings. The summed E-state index contributed by atoms with van der Waals surface area (Å²) < 4.78 is 7.24. The lowest BCUT2D eigenvalue weighted by Crippen LogP contribution is -2.04. The van der Waals surface area contributed by atoms with Gasteiger partial charge in [-0.25, -0.2) is 9.97 Å². The number of halogens is 1. The standard InChI is InChI=1S/C15H17ClN4O/c1-5-8(2)14-17-9(3)12-13(16)18-10-6-7-11(21-4)19-15(10)20(12)14/h6-8H,5H2,1-4H3. The van der Waals surface area contributed by atoms with Crippen molar-refractivity contribution in [1.82, 2.24) is 19.4 Å². The first-order valence-electron chi connectivity index (χ1n) is 6.96. The van der Waals surface area contributed by atoms with E-state index in [0.29, 0.717) is 17.0 Å². The molecule has 3 heterocycles. The molecule has 1 atom stereocenters. The van der Waals surface area contributed by atoms with E-state index < -0.39 is 0 Å². The number of hydrogen-bond donors (Lipinski definition) is 0. The van der Waals surface area contributed by atoms with E-state index in [4.69, 9.17) is 16.3 Å². The molecule has 0 aromatic carbocycles. The Hall–Kier alpha value is -1.88. The number of nitrogens with zero attached hydrogens (tertiary/aromatic N) is 4. The molecule has 0 saturated carbocycles. The van der Waals surface area contributed by atoms with Gasteiger partial charge in [0.2, 0.25) is 5.88 Å². The second-order valence-electron chi connectivity index (χ2n) is 5.15. The topological polar surface area (TPSA) is 52.3 Å². The lowest BCUT2D eigenvalue weighted by molar-refractivity contribution is 0.399. The Kier molecular flexibility index (Phi) is 3.45. The molecule has 0 saturated heterocycles. The van der Waals surface area contributed by atoms with Crippen molar-refractivity contribution in [2.75, 3.05) is 7.11 Å². The average molecular weight is 305 g/mol. The van der Waals surface area contributed by atoms with Gasteiger partial charge in [-0.05, 0) is 19.4 Å². The van der Waals surface area contributed by atoms with E-state index in [1.54, 1.807) is 13.2 Å². The molecule has 21 heavy (non-hydrogen) atoms. The first-order valence-corrected chi connectivity index (χ1v) is 7.33. The molecule has 3 aromatic heterocycles. The third-order valence-corrected chi connectivity index (χ3v) is 4.06. The summed E-state index contributed by atoms with van der Waals surface area (Å²) in [6.45, 7) is 6.23. The van der Waals surface area contributed by atoms with Crippen LogP contribution in [0.4, 0.5) is 0 Å². The van der Waals surface area contributed by atoms with Gasteiger partial charge in [-0.3, -0.25) is 4.40 Å². The van der Waals surface area contributed by atoms with E-state index in [9.17, 15) is 0 Å². The van der Waals surface area contributed by atoms with Crippen LogP contribution >= 0.6 is 11.6 Å². The number of methoxy groups -OCH3 is 1. The Labute approximate surface area is 127 Å². The van der Waals surface area contributed by atoms with Gasteiger partial charge in [0.05, 0.1) is 12.8 Å². The number of imidazole rings is 1. The van der Waals surface area contributed by atoms with Crippen molar-refractivity contribution in [2.24, 2.45) is 0 Å². The Balaban J connectivity index is 2.49. The molecule has 0 aliphatic heterocycles. The van der Waals surface area contributed by atoms with Gasteiger partial charge in [-0.15, -0.1) is 0 Å². The molecular formula is C15H17ClN4O. The molecule has 110 valence electrons. The van der Waals surface area contributed by atoms with Crippen molar-refractivity contribution in [3.8, 4) is 5.88 Å². The van der Waals surface area contributed by atoms with Gasteiger partial charge >= 0.3 is 0 Å².